The van der Waals surface area contributed by atoms with E-state index in [1.54, 1.807) is 19.2 Å². The molecule has 0 heterocycles. The number of carboxylic acids is 1. The van der Waals surface area contributed by atoms with E-state index in [4.69, 9.17) is 9.84 Å². The topological polar surface area (TPSA) is 75.6 Å². The van der Waals surface area contributed by atoms with Gasteiger partial charge in [0.1, 0.15) is 0 Å². The third kappa shape index (κ3) is 4.67. The summed E-state index contributed by atoms with van der Waals surface area (Å²) in [4.78, 5) is 23.6. The van der Waals surface area contributed by atoms with Crippen LogP contribution in [0, 0.1) is 6.92 Å². The van der Waals surface area contributed by atoms with Crippen LogP contribution in [0.2, 0.25) is 0 Å². The largest absolute Gasteiger partial charge is 0.481 e. The number of hydrogen-bond acceptors (Lipinski definition) is 3. The molecule has 0 saturated heterocycles. The van der Waals surface area contributed by atoms with Gasteiger partial charge in [-0.3, -0.25) is 9.59 Å². The molecule has 0 spiro atoms. The maximum Gasteiger partial charge on any atom is 0.305 e. The van der Waals surface area contributed by atoms with Crippen molar-refractivity contribution >= 4 is 11.9 Å². The van der Waals surface area contributed by atoms with E-state index < -0.39 is 12.0 Å². The van der Waals surface area contributed by atoms with Crippen LogP contribution in [0.5, 0.6) is 0 Å². The molecule has 2 rings (SSSR count). The van der Waals surface area contributed by atoms with E-state index in [-0.39, 0.29) is 12.3 Å². The van der Waals surface area contributed by atoms with Gasteiger partial charge >= 0.3 is 5.97 Å². The van der Waals surface area contributed by atoms with E-state index >= 15 is 0 Å². The maximum absolute atomic E-state index is 12.5. The summed E-state index contributed by atoms with van der Waals surface area (Å²) in [5, 5.41) is 12.0. The number of amides is 1. The van der Waals surface area contributed by atoms with Crippen LogP contribution in [0.1, 0.15) is 39.5 Å². The van der Waals surface area contributed by atoms with Gasteiger partial charge in [-0.15, -0.1) is 0 Å². The van der Waals surface area contributed by atoms with Gasteiger partial charge in [-0.1, -0.05) is 36.4 Å². The number of rotatable bonds is 7. The van der Waals surface area contributed by atoms with Gasteiger partial charge in [-0.25, -0.2) is 0 Å². The first-order valence-electron chi connectivity index (χ1n) is 7.67. The number of aliphatic carboxylic acids is 1. The number of carbonyl (C=O) groups excluding carboxylic acids is 1. The Balaban J connectivity index is 2.18. The van der Waals surface area contributed by atoms with E-state index in [1.807, 2.05) is 43.3 Å². The predicted molar refractivity (Wildman–Crippen MR) is 90.8 cm³/mol. The number of ether oxygens (including phenoxy) is 1. The van der Waals surface area contributed by atoms with Crippen molar-refractivity contribution in [3.05, 3.63) is 70.8 Å². The van der Waals surface area contributed by atoms with Gasteiger partial charge < -0.3 is 15.2 Å². The Bertz CT molecular complexity index is 710. The lowest BCUT2D eigenvalue weighted by atomic mass is 9.98. The Morgan fingerprint density at radius 2 is 1.79 bits per heavy atom. The zero-order valence-corrected chi connectivity index (χ0v) is 13.8. The molecule has 0 aromatic heterocycles. The molecular weight excluding hydrogens is 306 g/mol. The average Bonchev–Trinajstić information content (AvgIpc) is 2.55. The van der Waals surface area contributed by atoms with Gasteiger partial charge in [0, 0.05) is 12.7 Å². The molecule has 24 heavy (non-hydrogen) atoms. The van der Waals surface area contributed by atoms with Crippen molar-refractivity contribution in [2.75, 3.05) is 7.11 Å². The van der Waals surface area contributed by atoms with Crippen molar-refractivity contribution in [1.29, 1.82) is 0 Å². The molecule has 0 radical (unpaired) electrons. The number of methoxy groups -OCH3 is 1. The van der Waals surface area contributed by atoms with Crippen LogP contribution in [0.15, 0.2) is 48.5 Å². The molecule has 5 nitrogen and oxygen atoms in total. The Morgan fingerprint density at radius 3 is 2.38 bits per heavy atom. The summed E-state index contributed by atoms with van der Waals surface area (Å²) in [6, 6.07) is 13.9. The van der Waals surface area contributed by atoms with E-state index in [0.717, 1.165) is 16.7 Å². The van der Waals surface area contributed by atoms with Crippen LogP contribution < -0.4 is 5.32 Å². The van der Waals surface area contributed by atoms with Gasteiger partial charge in [0.2, 0.25) is 0 Å². The van der Waals surface area contributed by atoms with Crippen molar-refractivity contribution in [3.63, 3.8) is 0 Å². The molecule has 126 valence electrons. The predicted octanol–water partition coefficient (Wildman–Crippen LogP) is 3.09. The minimum absolute atomic E-state index is 0.168. The molecular formula is C19H21NO4. The number of nitrogens with one attached hydrogen (secondary N) is 1. The molecule has 0 aliphatic heterocycles. The van der Waals surface area contributed by atoms with Crippen molar-refractivity contribution < 1.29 is 19.4 Å². The molecule has 0 bridgehead atoms. The number of aryl methyl sites for hydroxylation is 1. The van der Waals surface area contributed by atoms with E-state index in [9.17, 15) is 9.59 Å². The smallest absolute Gasteiger partial charge is 0.305 e. The molecule has 1 unspecified atom stereocenters. The normalized spacial score (nSPS) is 11.8. The standard InChI is InChI=1S/C19H21NO4/c1-13-5-3-4-6-16(13)17(11-18(21)22)20-19(23)15-9-7-14(8-10-15)12-24-2/h3-10,17H,11-12H2,1-2H3,(H,20,23)(H,21,22). The van der Waals surface area contributed by atoms with E-state index in [0.29, 0.717) is 12.2 Å². The molecule has 0 aliphatic rings. The second kappa shape index (κ2) is 8.26. The van der Waals surface area contributed by atoms with Gasteiger partial charge in [0.05, 0.1) is 19.1 Å². The fraction of sp³-hybridized carbons (Fsp3) is 0.263. The molecule has 0 fully saturated rings. The highest BCUT2D eigenvalue weighted by atomic mass is 16.5. The molecule has 2 N–H and O–H groups in total. The maximum atomic E-state index is 12.5. The lowest BCUT2D eigenvalue weighted by Crippen LogP contribution is -2.30. The molecule has 1 atom stereocenters. The number of carbonyl (C=O) groups is 2. The summed E-state index contributed by atoms with van der Waals surface area (Å²) >= 11 is 0. The van der Waals surface area contributed by atoms with Crippen LogP contribution in [0.25, 0.3) is 0 Å². The summed E-state index contributed by atoms with van der Waals surface area (Å²) in [7, 11) is 1.61. The van der Waals surface area contributed by atoms with Crippen molar-refractivity contribution in [2.45, 2.75) is 26.0 Å². The summed E-state index contributed by atoms with van der Waals surface area (Å²) < 4.78 is 5.04. The monoisotopic (exact) mass is 327 g/mol. The van der Waals surface area contributed by atoms with Gasteiger partial charge in [-0.05, 0) is 35.7 Å². The molecule has 2 aromatic rings. The lowest BCUT2D eigenvalue weighted by Gasteiger charge is -2.19. The summed E-state index contributed by atoms with van der Waals surface area (Å²) in [5.74, 6) is -1.26. The zero-order chi connectivity index (χ0) is 17.5. The van der Waals surface area contributed by atoms with E-state index in [1.165, 1.54) is 0 Å². The van der Waals surface area contributed by atoms with Gasteiger partial charge in [0.15, 0.2) is 0 Å². The minimum atomic E-state index is -0.959. The quantitative estimate of drug-likeness (QED) is 0.819. The number of carboxylic acid groups (broad SMARTS) is 1. The first-order chi connectivity index (χ1) is 11.5. The van der Waals surface area contributed by atoms with Crippen LogP contribution >= 0.6 is 0 Å². The second-order valence-corrected chi connectivity index (χ2v) is 5.61. The van der Waals surface area contributed by atoms with Crippen molar-refractivity contribution in [3.8, 4) is 0 Å². The average molecular weight is 327 g/mol. The highest BCUT2D eigenvalue weighted by Gasteiger charge is 2.20. The molecule has 0 saturated carbocycles. The Labute approximate surface area is 141 Å². The second-order valence-electron chi connectivity index (χ2n) is 5.61. The summed E-state index contributed by atoms with van der Waals surface area (Å²) in [6.07, 6.45) is -0.168. The van der Waals surface area contributed by atoms with Crippen LogP contribution in [-0.2, 0) is 16.1 Å². The van der Waals surface area contributed by atoms with Gasteiger partial charge in [-0.2, -0.15) is 0 Å². The number of hydrogen-bond donors (Lipinski definition) is 2. The first-order valence-corrected chi connectivity index (χ1v) is 7.67. The Morgan fingerprint density at radius 1 is 1.12 bits per heavy atom. The van der Waals surface area contributed by atoms with Crippen LogP contribution in [0.4, 0.5) is 0 Å². The van der Waals surface area contributed by atoms with Crippen LogP contribution in [-0.4, -0.2) is 24.1 Å². The Kier molecular flexibility index (Phi) is 6.09. The summed E-state index contributed by atoms with van der Waals surface area (Å²) in [5.41, 5.74) is 3.21. The highest BCUT2D eigenvalue weighted by molar-refractivity contribution is 5.94. The number of benzene rings is 2. The highest BCUT2D eigenvalue weighted by Crippen LogP contribution is 2.21. The molecule has 2 aromatic carbocycles. The molecule has 5 heteroatoms. The van der Waals surface area contributed by atoms with Crippen LogP contribution in [0.3, 0.4) is 0 Å². The van der Waals surface area contributed by atoms with Gasteiger partial charge in [0.25, 0.3) is 5.91 Å². The van der Waals surface area contributed by atoms with E-state index in [2.05, 4.69) is 5.32 Å². The Hall–Kier alpha value is -2.66. The molecule has 0 aliphatic carbocycles. The minimum Gasteiger partial charge on any atom is -0.481 e. The first kappa shape index (κ1) is 17.7. The third-order valence-electron chi connectivity index (χ3n) is 3.78. The lowest BCUT2D eigenvalue weighted by molar-refractivity contribution is -0.137. The summed E-state index contributed by atoms with van der Waals surface area (Å²) in [6.45, 7) is 2.38. The molecule has 1 amide bonds. The fourth-order valence-corrected chi connectivity index (χ4v) is 2.55. The zero-order valence-electron chi connectivity index (χ0n) is 13.8. The van der Waals surface area contributed by atoms with Crippen molar-refractivity contribution in [1.82, 2.24) is 5.32 Å². The third-order valence-corrected chi connectivity index (χ3v) is 3.78. The fourth-order valence-electron chi connectivity index (χ4n) is 2.55. The van der Waals surface area contributed by atoms with Crippen molar-refractivity contribution in [2.24, 2.45) is 0 Å². The SMILES string of the molecule is COCc1ccc(C(=O)NC(CC(=O)O)c2ccccc2C)cc1.